The van der Waals surface area contributed by atoms with Gasteiger partial charge in [-0.05, 0) is 37.4 Å². The molecule has 16 heavy (non-hydrogen) atoms. The normalized spacial score (nSPS) is 27.2. The van der Waals surface area contributed by atoms with Crippen LogP contribution in [0.25, 0.3) is 0 Å². The monoisotopic (exact) mass is 258 g/mol. The number of hydrogen-bond donors (Lipinski definition) is 1. The molecule has 2 heterocycles. The van der Waals surface area contributed by atoms with E-state index in [2.05, 4.69) is 17.9 Å². The van der Waals surface area contributed by atoms with E-state index in [1.807, 2.05) is 6.07 Å². The van der Waals surface area contributed by atoms with Gasteiger partial charge in [-0.1, -0.05) is 18.5 Å². The Hall–Kier alpha value is -0.0900. The topological polar surface area (TPSA) is 29.3 Å². The first-order valence-corrected chi connectivity index (χ1v) is 7.08. The van der Waals surface area contributed by atoms with E-state index in [0.717, 1.165) is 17.4 Å². The van der Waals surface area contributed by atoms with Crippen molar-refractivity contribution in [3.8, 4) is 0 Å². The van der Waals surface area contributed by atoms with E-state index >= 15 is 0 Å². The van der Waals surface area contributed by atoms with Gasteiger partial charge in [-0.3, -0.25) is 4.90 Å². The van der Waals surface area contributed by atoms with Crippen LogP contribution in [-0.4, -0.2) is 24.0 Å². The van der Waals surface area contributed by atoms with Gasteiger partial charge in [0.05, 0.1) is 4.34 Å². The molecule has 2 atom stereocenters. The van der Waals surface area contributed by atoms with Gasteiger partial charge in [0.15, 0.2) is 0 Å². The van der Waals surface area contributed by atoms with E-state index in [0.29, 0.717) is 12.0 Å². The van der Waals surface area contributed by atoms with Crippen molar-refractivity contribution in [1.29, 1.82) is 0 Å². The van der Waals surface area contributed by atoms with Crippen molar-refractivity contribution >= 4 is 22.9 Å². The maximum Gasteiger partial charge on any atom is 0.0931 e. The fourth-order valence-corrected chi connectivity index (χ4v) is 3.66. The minimum Gasteiger partial charge on any atom is -0.329 e. The zero-order valence-electron chi connectivity index (χ0n) is 9.66. The summed E-state index contributed by atoms with van der Waals surface area (Å²) in [5.41, 5.74) is 5.88. The summed E-state index contributed by atoms with van der Waals surface area (Å²) in [5, 5.41) is 0. The van der Waals surface area contributed by atoms with Gasteiger partial charge in [0.2, 0.25) is 0 Å². The van der Waals surface area contributed by atoms with Crippen LogP contribution in [-0.2, 0) is 6.54 Å². The Labute approximate surface area is 106 Å². The van der Waals surface area contributed by atoms with Crippen molar-refractivity contribution in [1.82, 2.24) is 4.90 Å². The van der Waals surface area contributed by atoms with E-state index < -0.39 is 0 Å². The van der Waals surface area contributed by atoms with Crippen LogP contribution in [0.15, 0.2) is 12.1 Å². The molecule has 4 heteroatoms. The summed E-state index contributed by atoms with van der Waals surface area (Å²) in [4.78, 5) is 3.86. The Morgan fingerprint density at radius 2 is 2.38 bits per heavy atom. The summed E-state index contributed by atoms with van der Waals surface area (Å²) in [6.45, 7) is 5.25. The first-order chi connectivity index (χ1) is 7.70. The van der Waals surface area contributed by atoms with Gasteiger partial charge in [0.1, 0.15) is 0 Å². The van der Waals surface area contributed by atoms with Crippen LogP contribution >= 0.6 is 22.9 Å². The van der Waals surface area contributed by atoms with Crippen LogP contribution in [0.2, 0.25) is 4.34 Å². The number of nitrogens with zero attached hydrogens (tertiary/aromatic N) is 1. The third kappa shape index (κ3) is 2.77. The zero-order chi connectivity index (χ0) is 11.5. The highest BCUT2D eigenvalue weighted by Crippen LogP contribution is 2.27. The first kappa shape index (κ1) is 12.4. The number of likely N-dealkylation sites (tertiary alicyclic amines) is 1. The SMILES string of the molecule is CC1CCCN(Cc2ccc(Cl)s2)C1CN. The molecule has 0 bridgehead atoms. The molecule has 2 unspecified atom stereocenters. The molecule has 1 aliphatic heterocycles. The molecule has 1 saturated heterocycles. The zero-order valence-corrected chi connectivity index (χ0v) is 11.2. The third-order valence-electron chi connectivity index (χ3n) is 3.46. The molecular formula is C12H19ClN2S. The fraction of sp³-hybridized carbons (Fsp3) is 0.667. The van der Waals surface area contributed by atoms with Crippen LogP contribution in [0.4, 0.5) is 0 Å². The quantitative estimate of drug-likeness (QED) is 0.903. The maximum absolute atomic E-state index is 5.95. The van der Waals surface area contributed by atoms with Crippen molar-refractivity contribution < 1.29 is 0 Å². The Bertz CT molecular complexity index is 340. The average Bonchev–Trinajstić information content (AvgIpc) is 2.64. The average molecular weight is 259 g/mol. The molecule has 0 amide bonds. The van der Waals surface area contributed by atoms with E-state index in [4.69, 9.17) is 17.3 Å². The van der Waals surface area contributed by atoms with Crippen molar-refractivity contribution in [2.45, 2.75) is 32.4 Å². The minimum absolute atomic E-state index is 0.537. The second-order valence-corrected chi connectivity index (χ2v) is 6.40. The van der Waals surface area contributed by atoms with E-state index in [-0.39, 0.29) is 0 Å². The van der Waals surface area contributed by atoms with Gasteiger partial charge >= 0.3 is 0 Å². The lowest BCUT2D eigenvalue weighted by Crippen LogP contribution is -2.47. The van der Waals surface area contributed by atoms with Crippen LogP contribution in [0, 0.1) is 5.92 Å². The van der Waals surface area contributed by atoms with Gasteiger partial charge in [0.25, 0.3) is 0 Å². The summed E-state index contributed by atoms with van der Waals surface area (Å²) in [6.07, 6.45) is 2.60. The molecule has 0 saturated carbocycles. The standard InChI is InChI=1S/C12H19ClN2S/c1-9-3-2-6-15(11(9)7-14)8-10-4-5-12(13)16-10/h4-5,9,11H,2-3,6-8,14H2,1H3. The molecule has 1 aliphatic rings. The Kier molecular flexibility index (Phi) is 4.25. The highest BCUT2D eigenvalue weighted by Gasteiger charge is 2.27. The molecule has 1 aromatic heterocycles. The molecule has 0 aliphatic carbocycles. The number of piperidine rings is 1. The summed E-state index contributed by atoms with van der Waals surface area (Å²) in [5.74, 6) is 0.717. The Morgan fingerprint density at radius 3 is 3.00 bits per heavy atom. The van der Waals surface area contributed by atoms with Crippen molar-refractivity contribution in [2.75, 3.05) is 13.1 Å². The van der Waals surface area contributed by atoms with Crippen LogP contribution < -0.4 is 5.73 Å². The van der Waals surface area contributed by atoms with E-state index in [1.165, 1.54) is 24.3 Å². The highest BCUT2D eigenvalue weighted by atomic mass is 35.5. The van der Waals surface area contributed by atoms with Crippen LogP contribution in [0.3, 0.4) is 0 Å². The summed E-state index contributed by atoms with van der Waals surface area (Å²) in [6, 6.07) is 4.64. The summed E-state index contributed by atoms with van der Waals surface area (Å²) < 4.78 is 0.879. The van der Waals surface area contributed by atoms with Gasteiger partial charge in [-0.25, -0.2) is 0 Å². The minimum atomic E-state index is 0.537. The number of thiophene rings is 1. The van der Waals surface area contributed by atoms with E-state index in [9.17, 15) is 0 Å². The van der Waals surface area contributed by atoms with Crippen molar-refractivity contribution in [3.05, 3.63) is 21.3 Å². The molecule has 0 radical (unpaired) electrons. The van der Waals surface area contributed by atoms with Crippen molar-refractivity contribution in [3.63, 3.8) is 0 Å². The van der Waals surface area contributed by atoms with E-state index in [1.54, 1.807) is 11.3 Å². The number of hydrogen-bond acceptors (Lipinski definition) is 3. The lowest BCUT2D eigenvalue weighted by atomic mass is 9.91. The molecule has 0 spiro atoms. The molecule has 2 nitrogen and oxygen atoms in total. The predicted octanol–water partition coefficient (Wildman–Crippen LogP) is 2.96. The number of nitrogens with two attached hydrogens (primary N) is 1. The summed E-state index contributed by atoms with van der Waals surface area (Å²) >= 11 is 7.63. The predicted molar refractivity (Wildman–Crippen MR) is 71.0 cm³/mol. The Morgan fingerprint density at radius 1 is 1.56 bits per heavy atom. The fourth-order valence-electron chi connectivity index (χ4n) is 2.55. The maximum atomic E-state index is 5.95. The third-order valence-corrected chi connectivity index (χ3v) is 4.68. The van der Waals surface area contributed by atoms with Gasteiger partial charge < -0.3 is 5.73 Å². The molecule has 1 aromatic rings. The Balaban J connectivity index is 2.02. The molecule has 2 N–H and O–H groups in total. The molecule has 90 valence electrons. The number of halogens is 1. The molecule has 0 aromatic carbocycles. The lowest BCUT2D eigenvalue weighted by Gasteiger charge is -2.39. The lowest BCUT2D eigenvalue weighted by molar-refractivity contribution is 0.100. The van der Waals surface area contributed by atoms with Gasteiger partial charge in [-0.2, -0.15) is 0 Å². The van der Waals surface area contributed by atoms with Gasteiger partial charge in [-0.15, -0.1) is 11.3 Å². The molecule has 1 fully saturated rings. The van der Waals surface area contributed by atoms with Crippen molar-refractivity contribution in [2.24, 2.45) is 11.7 Å². The number of rotatable bonds is 3. The molecular weight excluding hydrogens is 240 g/mol. The largest absolute Gasteiger partial charge is 0.329 e. The summed E-state index contributed by atoms with van der Waals surface area (Å²) in [7, 11) is 0. The highest BCUT2D eigenvalue weighted by molar-refractivity contribution is 7.16. The second kappa shape index (κ2) is 5.50. The van der Waals surface area contributed by atoms with Crippen LogP contribution in [0.5, 0.6) is 0 Å². The molecule has 2 rings (SSSR count). The first-order valence-electron chi connectivity index (χ1n) is 5.89. The smallest absolute Gasteiger partial charge is 0.0931 e. The second-order valence-electron chi connectivity index (χ2n) is 4.60. The van der Waals surface area contributed by atoms with Gasteiger partial charge in [0, 0.05) is 24.0 Å². The van der Waals surface area contributed by atoms with Crippen LogP contribution in [0.1, 0.15) is 24.6 Å².